The van der Waals surface area contributed by atoms with Crippen molar-refractivity contribution in [2.24, 2.45) is 23.5 Å². The second kappa shape index (κ2) is 33.6. The molecule has 7 atom stereocenters. The Morgan fingerprint density at radius 2 is 0.740 bits per heavy atom. The van der Waals surface area contributed by atoms with Crippen LogP contribution in [0.15, 0.2) is 133 Å². The first-order valence-electron chi connectivity index (χ1n) is 22.7. The number of amides is 3. The number of aliphatic hydroxyl groups excluding tert-OH is 1. The SMILES string of the molecule is C=C(CC(=O)O)C(=O)O.CO.C[C@@H](c1ccccc1)N1C[C@@H](C(=O)O)CC1=O.C[C@@H](c1ccccc1)N1C[C@@H](C(=O)O)CC1=O.C[C@@H](c1ccccc1)N1C[C@H](C(=O)O)CC1=O.C[C@H](N)c1ccccc1.Cl.S. The van der Waals surface area contributed by atoms with E-state index in [4.69, 9.17) is 36.4 Å². The van der Waals surface area contributed by atoms with Crippen molar-refractivity contribution in [2.45, 2.75) is 77.5 Å². The number of rotatable bonds is 13. The Balaban J connectivity index is 0.000000896. The number of carboxylic acids is 5. The number of hydrogen-bond acceptors (Lipinski definition) is 10. The van der Waals surface area contributed by atoms with Crippen molar-refractivity contribution in [2.75, 3.05) is 26.7 Å². The molecule has 8 N–H and O–H groups in total. The normalized spacial score (nSPS) is 17.8. The lowest BCUT2D eigenvalue weighted by atomic mass is 10.1. The van der Waals surface area contributed by atoms with Gasteiger partial charge in [0.1, 0.15) is 0 Å². The van der Waals surface area contributed by atoms with Gasteiger partial charge in [0.2, 0.25) is 17.7 Å². The molecule has 0 saturated carbocycles. The van der Waals surface area contributed by atoms with Gasteiger partial charge in [0.25, 0.3) is 0 Å². The van der Waals surface area contributed by atoms with E-state index in [1.165, 1.54) is 5.56 Å². The second-order valence-electron chi connectivity index (χ2n) is 16.8. The number of benzene rings is 4. The number of nitrogens with zero attached hydrogens (tertiary/aromatic N) is 3. The zero-order valence-electron chi connectivity index (χ0n) is 41.5. The maximum atomic E-state index is 11.8. The van der Waals surface area contributed by atoms with Crippen molar-refractivity contribution >= 4 is 73.5 Å². The first-order valence-corrected chi connectivity index (χ1v) is 22.7. The molecular formula is C53H69ClN4O14S. The summed E-state index contributed by atoms with van der Waals surface area (Å²) in [5.41, 5.74) is 9.61. The molecule has 4 aromatic rings. The van der Waals surface area contributed by atoms with Crippen molar-refractivity contribution in [3.63, 3.8) is 0 Å². The predicted octanol–water partition coefficient (Wildman–Crippen LogP) is 6.99. The van der Waals surface area contributed by atoms with Gasteiger partial charge in [0.05, 0.1) is 42.3 Å². The molecule has 4 aromatic carbocycles. The van der Waals surface area contributed by atoms with Crippen LogP contribution >= 0.6 is 25.9 Å². The lowest BCUT2D eigenvalue weighted by Gasteiger charge is -2.24. The van der Waals surface area contributed by atoms with Gasteiger partial charge < -0.3 is 51.1 Å². The third-order valence-electron chi connectivity index (χ3n) is 11.8. The molecule has 73 heavy (non-hydrogen) atoms. The molecule has 3 heterocycles. The first kappa shape index (κ1) is 65.9. The quantitative estimate of drug-likeness (QED) is 0.0664. The molecule has 3 aliphatic rings. The van der Waals surface area contributed by atoms with Crippen LogP contribution in [0.3, 0.4) is 0 Å². The Hall–Kier alpha value is -7.06. The first-order chi connectivity index (χ1) is 33.6. The van der Waals surface area contributed by atoms with Crippen molar-refractivity contribution in [1.82, 2.24) is 14.7 Å². The molecule has 0 aliphatic carbocycles. The van der Waals surface area contributed by atoms with Crippen LogP contribution in [-0.4, -0.2) is 120 Å². The summed E-state index contributed by atoms with van der Waals surface area (Å²) in [6.07, 6.45) is -0.152. The molecule has 3 fully saturated rings. The second-order valence-corrected chi connectivity index (χ2v) is 16.8. The Morgan fingerprint density at radius 3 is 0.890 bits per heavy atom. The maximum absolute atomic E-state index is 11.8. The van der Waals surface area contributed by atoms with Gasteiger partial charge in [-0.05, 0) is 49.9 Å². The van der Waals surface area contributed by atoms with Crippen LogP contribution in [0, 0.1) is 17.8 Å². The summed E-state index contributed by atoms with van der Waals surface area (Å²) in [6, 6.07) is 39.0. The van der Waals surface area contributed by atoms with Crippen LogP contribution in [0.4, 0.5) is 0 Å². The number of likely N-dealkylation sites (tertiary alicyclic amines) is 3. The van der Waals surface area contributed by atoms with Gasteiger partial charge in [-0.2, -0.15) is 13.5 Å². The zero-order valence-corrected chi connectivity index (χ0v) is 43.3. The standard InChI is InChI=1S/3C13H15NO3.C8H11N.C5H6O4.CH4O.ClH.H2S/c3*1-9(10-5-3-2-4-6-10)14-8-11(13(16)17)7-12(14)15;1-7(9)8-5-3-2-4-6-8;1-3(5(8)9)2-4(6)7;1-2;;/h3*2-6,9,11H,7-8H2,1H3,(H,16,17);2-7H,9H2,1H3;1-2H2,(H,6,7)(H,8,9);2H,1H3;1H;1H2/t9-,11+;2*9-,11-;7-;;;;/m0000..../s1. The minimum Gasteiger partial charge on any atom is -0.481 e. The molecule has 3 saturated heterocycles. The topological polar surface area (TPSA) is 294 Å². The molecular weight excluding hydrogens is 984 g/mol. The number of halogens is 1. The molecule has 0 spiro atoms. The van der Waals surface area contributed by atoms with Crippen LogP contribution in [0.25, 0.3) is 0 Å². The summed E-state index contributed by atoms with van der Waals surface area (Å²) < 4.78 is 0. The van der Waals surface area contributed by atoms with Crippen molar-refractivity contribution in [3.05, 3.63) is 156 Å². The molecule has 3 aliphatic heterocycles. The van der Waals surface area contributed by atoms with Crippen LogP contribution in [-0.2, 0) is 38.4 Å². The average Bonchev–Trinajstić information content (AvgIpc) is 4.09. The van der Waals surface area contributed by atoms with Gasteiger partial charge in [-0.15, -0.1) is 12.4 Å². The third-order valence-corrected chi connectivity index (χ3v) is 11.8. The van der Waals surface area contributed by atoms with E-state index in [0.29, 0.717) is 19.6 Å². The minimum absolute atomic E-state index is 0. The zero-order chi connectivity index (χ0) is 53.4. The van der Waals surface area contributed by atoms with E-state index in [1.54, 1.807) is 14.7 Å². The van der Waals surface area contributed by atoms with Gasteiger partial charge in [-0.1, -0.05) is 128 Å². The summed E-state index contributed by atoms with van der Waals surface area (Å²) in [5.74, 6) is -7.02. The summed E-state index contributed by atoms with van der Waals surface area (Å²) in [7, 11) is 1.00. The van der Waals surface area contributed by atoms with Gasteiger partial charge in [-0.25, -0.2) is 4.79 Å². The number of carbonyl (C=O) groups is 8. The number of carbonyl (C=O) groups excluding carboxylic acids is 3. The molecule has 398 valence electrons. The Kier molecular flexibility index (Phi) is 30.3. The van der Waals surface area contributed by atoms with Gasteiger partial charge in [0, 0.05) is 57.6 Å². The summed E-state index contributed by atoms with van der Waals surface area (Å²) in [6.45, 7) is 11.7. The maximum Gasteiger partial charge on any atom is 0.331 e. The van der Waals surface area contributed by atoms with Gasteiger partial charge in [-0.3, -0.25) is 33.6 Å². The highest BCUT2D eigenvalue weighted by Crippen LogP contribution is 2.31. The number of nitrogens with two attached hydrogens (primary N) is 1. The van der Waals surface area contributed by atoms with Crippen LogP contribution in [0.2, 0.25) is 0 Å². The Labute approximate surface area is 439 Å². The molecule has 0 bridgehead atoms. The number of carboxylic acid groups (broad SMARTS) is 5. The van der Waals surface area contributed by atoms with E-state index in [-0.39, 0.29) is 92.6 Å². The van der Waals surface area contributed by atoms with E-state index < -0.39 is 54.0 Å². The summed E-state index contributed by atoms with van der Waals surface area (Å²) in [5, 5.41) is 49.8. The average molecular weight is 1050 g/mol. The Morgan fingerprint density at radius 1 is 0.507 bits per heavy atom. The van der Waals surface area contributed by atoms with Crippen LogP contribution in [0.1, 0.15) is 99.8 Å². The smallest absolute Gasteiger partial charge is 0.331 e. The van der Waals surface area contributed by atoms with Crippen molar-refractivity contribution in [1.29, 1.82) is 0 Å². The summed E-state index contributed by atoms with van der Waals surface area (Å²) in [4.78, 5) is 92.5. The molecule has 7 rings (SSSR count). The van der Waals surface area contributed by atoms with E-state index in [0.717, 1.165) is 23.8 Å². The molecule has 0 radical (unpaired) electrons. The highest BCUT2D eigenvalue weighted by Gasteiger charge is 2.39. The lowest BCUT2D eigenvalue weighted by molar-refractivity contribution is -0.142. The monoisotopic (exact) mass is 1050 g/mol. The predicted molar refractivity (Wildman–Crippen MR) is 281 cm³/mol. The van der Waals surface area contributed by atoms with E-state index >= 15 is 0 Å². The van der Waals surface area contributed by atoms with Crippen LogP contribution < -0.4 is 5.73 Å². The van der Waals surface area contributed by atoms with Gasteiger partial charge in [0.15, 0.2) is 0 Å². The highest BCUT2D eigenvalue weighted by atomic mass is 35.5. The highest BCUT2D eigenvalue weighted by molar-refractivity contribution is 7.59. The molecule has 3 amide bonds. The van der Waals surface area contributed by atoms with E-state index in [2.05, 4.69) is 6.58 Å². The Bertz CT molecular complexity index is 2180. The summed E-state index contributed by atoms with van der Waals surface area (Å²) >= 11 is 0. The molecule has 0 unspecified atom stereocenters. The van der Waals surface area contributed by atoms with Gasteiger partial charge >= 0.3 is 29.8 Å². The largest absolute Gasteiger partial charge is 0.481 e. The lowest BCUT2D eigenvalue weighted by Crippen LogP contribution is -2.29. The van der Waals surface area contributed by atoms with Crippen molar-refractivity contribution < 1.29 is 69.0 Å². The minimum atomic E-state index is -1.27. The fourth-order valence-electron chi connectivity index (χ4n) is 7.56. The fraction of sp³-hybridized carbons (Fsp3) is 0.358. The fourth-order valence-corrected chi connectivity index (χ4v) is 7.56. The third kappa shape index (κ3) is 21.7. The molecule has 18 nitrogen and oxygen atoms in total. The number of aliphatic hydroxyl groups is 1. The molecule has 20 heteroatoms. The van der Waals surface area contributed by atoms with E-state index in [1.807, 2.05) is 149 Å². The van der Waals surface area contributed by atoms with E-state index in [9.17, 15) is 38.4 Å². The van der Waals surface area contributed by atoms with Crippen LogP contribution in [0.5, 0.6) is 0 Å². The number of hydrogen-bond donors (Lipinski definition) is 7. The number of aliphatic carboxylic acids is 5. The van der Waals surface area contributed by atoms with Crippen molar-refractivity contribution in [3.8, 4) is 0 Å². The molecule has 0 aromatic heterocycles.